The van der Waals surface area contributed by atoms with Crippen LogP contribution in [0.4, 0.5) is 4.39 Å². The average Bonchev–Trinajstić information content (AvgIpc) is 3.18. The first-order chi connectivity index (χ1) is 13.6. The maximum atomic E-state index is 13.5. The molecular formula is C22H24FN5O. The summed E-state index contributed by atoms with van der Waals surface area (Å²) in [4.78, 5) is 22.4. The van der Waals surface area contributed by atoms with E-state index < -0.39 is 5.41 Å². The zero-order chi connectivity index (χ0) is 21.1. The molecule has 0 aliphatic heterocycles. The van der Waals surface area contributed by atoms with E-state index in [1.807, 2.05) is 32.3 Å². The fraction of sp³-hybridized carbons (Fsp3) is 0.364. The van der Waals surface area contributed by atoms with Crippen molar-refractivity contribution in [1.82, 2.24) is 24.3 Å². The minimum absolute atomic E-state index is 0.138. The Morgan fingerprint density at radius 3 is 2.31 bits per heavy atom. The number of fused-ring (bicyclic) bond motifs is 2. The van der Waals surface area contributed by atoms with E-state index in [2.05, 4.69) is 18.9 Å². The van der Waals surface area contributed by atoms with Crippen molar-refractivity contribution in [2.75, 3.05) is 0 Å². The highest BCUT2D eigenvalue weighted by atomic mass is 19.1. The molecule has 0 fully saturated rings. The highest BCUT2D eigenvalue weighted by Gasteiger charge is 2.28. The third-order valence-corrected chi connectivity index (χ3v) is 5.04. The molecule has 4 aromatic rings. The van der Waals surface area contributed by atoms with Crippen LogP contribution in [0, 0.1) is 18.2 Å². The molecule has 1 aromatic carbocycles. The number of carbonyl (C=O) groups excluding carboxylic acids is 1. The van der Waals surface area contributed by atoms with Crippen LogP contribution in [0.15, 0.2) is 30.5 Å². The summed E-state index contributed by atoms with van der Waals surface area (Å²) in [5, 5.41) is 4.25. The molecule has 4 rings (SSSR count). The molecule has 7 heteroatoms. The molecule has 0 aliphatic carbocycles. The Morgan fingerprint density at radius 1 is 1.07 bits per heavy atom. The number of hydrogen-bond donors (Lipinski definition) is 0. The molecule has 0 N–H and O–H groups in total. The van der Waals surface area contributed by atoms with E-state index in [0.717, 1.165) is 16.9 Å². The van der Waals surface area contributed by atoms with Crippen molar-refractivity contribution in [1.29, 1.82) is 0 Å². The van der Waals surface area contributed by atoms with Crippen LogP contribution < -0.4 is 0 Å². The lowest BCUT2D eigenvalue weighted by Gasteiger charge is -2.16. The van der Waals surface area contributed by atoms with Gasteiger partial charge in [-0.2, -0.15) is 9.78 Å². The van der Waals surface area contributed by atoms with E-state index in [0.29, 0.717) is 22.3 Å². The second-order valence-electron chi connectivity index (χ2n) is 8.69. The summed E-state index contributed by atoms with van der Waals surface area (Å²) >= 11 is 0. The fourth-order valence-electron chi connectivity index (χ4n) is 3.66. The van der Waals surface area contributed by atoms with Crippen LogP contribution in [-0.4, -0.2) is 30.2 Å². The van der Waals surface area contributed by atoms with Gasteiger partial charge in [0.05, 0.1) is 6.20 Å². The monoisotopic (exact) mass is 393 g/mol. The van der Waals surface area contributed by atoms with Gasteiger partial charge in [-0.1, -0.05) is 34.6 Å². The predicted octanol–water partition coefficient (Wildman–Crippen LogP) is 5.03. The molecule has 0 spiro atoms. The number of aryl methyl sites for hydroxylation is 1. The largest absolute Gasteiger partial charge is 0.296 e. The van der Waals surface area contributed by atoms with Crippen LogP contribution in [-0.2, 0) is 0 Å². The SMILES string of the molecule is Cc1c(C(C)C)n(-c2ccc(F)cc2)c2nc3cnn(C(=O)C(C)(C)C)c3nc12. The molecule has 6 nitrogen and oxygen atoms in total. The molecule has 0 saturated heterocycles. The van der Waals surface area contributed by atoms with Crippen LogP contribution in [0.3, 0.4) is 0 Å². The van der Waals surface area contributed by atoms with Crippen molar-refractivity contribution in [2.24, 2.45) is 5.41 Å². The molecule has 0 bridgehead atoms. The van der Waals surface area contributed by atoms with E-state index in [-0.39, 0.29) is 17.6 Å². The Labute approximate surface area is 168 Å². The van der Waals surface area contributed by atoms with E-state index in [4.69, 9.17) is 9.97 Å². The maximum absolute atomic E-state index is 13.5. The molecule has 0 amide bonds. The third kappa shape index (κ3) is 3.01. The van der Waals surface area contributed by atoms with Crippen molar-refractivity contribution < 1.29 is 9.18 Å². The summed E-state index contributed by atoms with van der Waals surface area (Å²) in [7, 11) is 0. The van der Waals surface area contributed by atoms with Crippen LogP contribution in [0.25, 0.3) is 28.0 Å². The number of nitrogens with zero attached hydrogens (tertiary/aromatic N) is 5. The Kier molecular flexibility index (Phi) is 4.29. The average molecular weight is 393 g/mol. The number of halogens is 1. The maximum Gasteiger partial charge on any atom is 0.254 e. The fourth-order valence-corrected chi connectivity index (χ4v) is 3.66. The number of aromatic nitrogens is 5. The molecule has 0 radical (unpaired) electrons. The topological polar surface area (TPSA) is 65.6 Å². The van der Waals surface area contributed by atoms with E-state index in [1.54, 1.807) is 18.3 Å². The van der Waals surface area contributed by atoms with Crippen molar-refractivity contribution in [2.45, 2.75) is 47.5 Å². The van der Waals surface area contributed by atoms with Gasteiger partial charge in [0.1, 0.15) is 16.9 Å². The molecule has 0 aliphatic rings. The van der Waals surface area contributed by atoms with E-state index in [9.17, 15) is 9.18 Å². The quantitative estimate of drug-likeness (QED) is 0.479. The highest BCUT2D eigenvalue weighted by Crippen LogP contribution is 2.33. The Morgan fingerprint density at radius 2 is 1.72 bits per heavy atom. The molecular weight excluding hydrogens is 369 g/mol. The Bertz CT molecular complexity index is 1240. The van der Waals surface area contributed by atoms with Crippen LogP contribution in [0.2, 0.25) is 0 Å². The van der Waals surface area contributed by atoms with Gasteiger partial charge in [-0.15, -0.1) is 0 Å². The van der Waals surface area contributed by atoms with Crippen LogP contribution in [0.1, 0.15) is 56.6 Å². The van der Waals surface area contributed by atoms with Crippen LogP contribution >= 0.6 is 0 Å². The molecule has 0 saturated carbocycles. The standard InChI is InChI=1S/C22H24FN5O/c1-12(2)18-13(3)17-20(27(18)15-9-7-14(23)8-10-15)25-16-11-24-28(19(16)26-17)21(29)22(4,5)6/h7-12H,1-6H3. The first kappa shape index (κ1) is 19.2. The van der Waals surface area contributed by atoms with Crippen LogP contribution in [0.5, 0.6) is 0 Å². The zero-order valence-electron chi connectivity index (χ0n) is 17.5. The zero-order valence-corrected chi connectivity index (χ0v) is 17.5. The summed E-state index contributed by atoms with van der Waals surface area (Å²) in [5.41, 5.74) is 4.67. The lowest BCUT2D eigenvalue weighted by Crippen LogP contribution is -2.27. The van der Waals surface area contributed by atoms with Crippen molar-refractivity contribution in [3.05, 3.63) is 47.5 Å². The van der Waals surface area contributed by atoms with Gasteiger partial charge in [0.15, 0.2) is 11.3 Å². The summed E-state index contributed by atoms with van der Waals surface area (Å²) in [6.45, 7) is 11.8. The summed E-state index contributed by atoms with van der Waals surface area (Å²) in [6.07, 6.45) is 1.57. The minimum atomic E-state index is -0.590. The lowest BCUT2D eigenvalue weighted by atomic mass is 9.96. The first-order valence-electron chi connectivity index (χ1n) is 9.67. The normalized spacial score (nSPS) is 12.4. The second kappa shape index (κ2) is 6.47. The van der Waals surface area contributed by atoms with Gasteiger partial charge in [0, 0.05) is 16.8 Å². The van der Waals surface area contributed by atoms with Crippen molar-refractivity contribution in [3.8, 4) is 5.69 Å². The van der Waals surface area contributed by atoms with Gasteiger partial charge < -0.3 is 0 Å². The van der Waals surface area contributed by atoms with E-state index >= 15 is 0 Å². The summed E-state index contributed by atoms with van der Waals surface area (Å²) in [6, 6.07) is 6.34. The lowest BCUT2D eigenvalue weighted by molar-refractivity contribution is 0.0754. The molecule has 29 heavy (non-hydrogen) atoms. The Balaban J connectivity index is 2.05. The van der Waals surface area contributed by atoms with Gasteiger partial charge in [-0.3, -0.25) is 9.36 Å². The van der Waals surface area contributed by atoms with Gasteiger partial charge in [-0.05, 0) is 42.7 Å². The van der Waals surface area contributed by atoms with E-state index in [1.165, 1.54) is 16.8 Å². The molecule has 3 aromatic heterocycles. The van der Waals surface area contributed by atoms with Gasteiger partial charge >= 0.3 is 0 Å². The van der Waals surface area contributed by atoms with Crippen molar-refractivity contribution >= 4 is 28.2 Å². The van der Waals surface area contributed by atoms with Crippen molar-refractivity contribution in [3.63, 3.8) is 0 Å². The first-order valence-corrected chi connectivity index (χ1v) is 9.67. The predicted molar refractivity (Wildman–Crippen MR) is 111 cm³/mol. The highest BCUT2D eigenvalue weighted by molar-refractivity contribution is 5.94. The number of hydrogen-bond acceptors (Lipinski definition) is 4. The molecule has 150 valence electrons. The molecule has 0 unspecified atom stereocenters. The molecule has 0 atom stereocenters. The van der Waals surface area contributed by atoms with Gasteiger partial charge in [0.25, 0.3) is 5.91 Å². The minimum Gasteiger partial charge on any atom is -0.296 e. The number of carbonyl (C=O) groups is 1. The summed E-state index contributed by atoms with van der Waals surface area (Å²) in [5.74, 6) is -0.226. The Hall–Kier alpha value is -3.09. The van der Waals surface area contributed by atoms with Gasteiger partial charge in [-0.25, -0.2) is 14.4 Å². The van der Waals surface area contributed by atoms with Gasteiger partial charge in [0.2, 0.25) is 0 Å². The third-order valence-electron chi connectivity index (χ3n) is 5.04. The number of benzene rings is 1. The molecule has 3 heterocycles. The number of rotatable bonds is 2. The second-order valence-corrected chi connectivity index (χ2v) is 8.69. The summed E-state index contributed by atoms with van der Waals surface area (Å²) < 4.78 is 16.8. The smallest absolute Gasteiger partial charge is 0.254 e.